The van der Waals surface area contributed by atoms with Crippen molar-refractivity contribution in [1.82, 2.24) is 10.4 Å². The van der Waals surface area contributed by atoms with Crippen LogP contribution in [0.25, 0.3) is 0 Å². The molecule has 0 saturated carbocycles. The van der Waals surface area contributed by atoms with Gasteiger partial charge in [0.15, 0.2) is 0 Å². The summed E-state index contributed by atoms with van der Waals surface area (Å²) in [4.78, 5) is 41.4. The van der Waals surface area contributed by atoms with Gasteiger partial charge in [0.1, 0.15) is 12.6 Å². The molecule has 8 nitrogen and oxygen atoms in total. The fraction of sp³-hybridized carbons (Fsp3) is 0.526. The van der Waals surface area contributed by atoms with Crippen LogP contribution in [0.15, 0.2) is 30.3 Å². The number of ether oxygens (including phenoxy) is 1. The van der Waals surface area contributed by atoms with Gasteiger partial charge in [0.05, 0.1) is 19.6 Å². The lowest BCUT2D eigenvalue weighted by atomic mass is 10.0. The molecule has 0 fully saturated rings. The summed E-state index contributed by atoms with van der Waals surface area (Å²) in [5.74, 6) is -1.40. The quantitative estimate of drug-likeness (QED) is 0.463. The lowest BCUT2D eigenvalue weighted by Crippen LogP contribution is -2.52. The van der Waals surface area contributed by atoms with Crippen molar-refractivity contribution in [2.45, 2.75) is 45.4 Å². The molecule has 0 spiro atoms. The van der Waals surface area contributed by atoms with Crippen molar-refractivity contribution in [1.29, 1.82) is 0 Å². The molecule has 0 heterocycles. The lowest BCUT2D eigenvalue weighted by molar-refractivity contribution is -0.172. The summed E-state index contributed by atoms with van der Waals surface area (Å²) in [6.45, 7) is 3.97. The van der Waals surface area contributed by atoms with Crippen LogP contribution >= 0.6 is 0 Å². The Morgan fingerprint density at radius 1 is 1.19 bits per heavy atom. The topological polar surface area (TPSA) is 111 Å². The van der Waals surface area contributed by atoms with Gasteiger partial charge < -0.3 is 15.8 Å². The largest absolute Gasteiger partial charge is 0.461 e. The normalized spacial score (nSPS) is 13.0. The highest BCUT2D eigenvalue weighted by molar-refractivity contribution is 5.91. The molecule has 150 valence electrons. The maximum atomic E-state index is 12.3. The second kappa shape index (κ2) is 11.3. The Labute approximate surface area is 159 Å². The summed E-state index contributed by atoms with van der Waals surface area (Å²) < 4.78 is 5.13. The van der Waals surface area contributed by atoms with Crippen LogP contribution in [0.5, 0.6) is 0 Å². The van der Waals surface area contributed by atoms with Crippen LogP contribution in [-0.4, -0.2) is 49.1 Å². The molecule has 3 N–H and O–H groups in total. The Hall–Kier alpha value is -2.45. The van der Waals surface area contributed by atoms with E-state index in [1.54, 1.807) is 0 Å². The maximum absolute atomic E-state index is 12.3. The van der Waals surface area contributed by atoms with Gasteiger partial charge in [0.2, 0.25) is 5.91 Å². The Kier molecular flexibility index (Phi) is 9.46. The molecule has 27 heavy (non-hydrogen) atoms. The zero-order valence-electron chi connectivity index (χ0n) is 16.3. The van der Waals surface area contributed by atoms with Crippen LogP contribution in [0.1, 0.15) is 32.3 Å². The number of nitrogens with two attached hydrogens (primary N) is 1. The van der Waals surface area contributed by atoms with Gasteiger partial charge in [-0.05, 0) is 17.9 Å². The monoisotopic (exact) mass is 379 g/mol. The third-order valence-electron chi connectivity index (χ3n) is 3.87. The SMILES string of the molecule is CON(C)C(=O)[C@H](CC(C)C)NC(=O)[C@H](N)CC(=O)OCc1ccccc1. The van der Waals surface area contributed by atoms with E-state index in [0.717, 1.165) is 10.6 Å². The number of nitrogens with one attached hydrogen (secondary N) is 1. The smallest absolute Gasteiger partial charge is 0.308 e. The first kappa shape index (κ1) is 22.6. The zero-order valence-corrected chi connectivity index (χ0v) is 16.3. The fourth-order valence-corrected chi connectivity index (χ4v) is 2.35. The zero-order chi connectivity index (χ0) is 20.4. The van der Waals surface area contributed by atoms with E-state index in [1.807, 2.05) is 44.2 Å². The summed E-state index contributed by atoms with van der Waals surface area (Å²) in [5.41, 5.74) is 6.65. The number of hydrogen-bond donors (Lipinski definition) is 2. The van der Waals surface area contributed by atoms with Crippen LogP contribution in [-0.2, 0) is 30.6 Å². The third kappa shape index (κ3) is 8.19. The maximum Gasteiger partial charge on any atom is 0.308 e. The van der Waals surface area contributed by atoms with E-state index >= 15 is 0 Å². The van der Waals surface area contributed by atoms with Crippen molar-refractivity contribution < 1.29 is 24.0 Å². The molecule has 0 bridgehead atoms. The van der Waals surface area contributed by atoms with E-state index in [0.29, 0.717) is 6.42 Å². The van der Waals surface area contributed by atoms with Gasteiger partial charge in [-0.2, -0.15) is 0 Å². The van der Waals surface area contributed by atoms with Gasteiger partial charge in [-0.25, -0.2) is 5.06 Å². The number of carbonyl (C=O) groups is 3. The number of benzene rings is 1. The molecular weight excluding hydrogens is 350 g/mol. The molecule has 1 aromatic carbocycles. The van der Waals surface area contributed by atoms with Gasteiger partial charge in [-0.3, -0.25) is 19.2 Å². The molecule has 1 rings (SSSR count). The second-order valence-corrected chi connectivity index (χ2v) is 6.67. The molecule has 0 unspecified atom stereocenters. The van der Waals surface area contributed by atoms with Crippen molar-refractivity contribution >= 4 is 17.8 Å². The van der Waals surface area contributed by atoms with Gasteiger partial charge in [0, 0.05) is 7.05 Å². The molecule has 0 aromatic heterocycles. The molecular formula is C19H29N3O5. The second-order valence-electron chi connectivity index (χ2n) is 6.67. The van der Waals surface area contributed by atoms with Crippen LogP contribution in [0.2, 0.25) is 0 Å². The number of amides is 2. The number of hydroxylamine groups is 2. The Morgan fingerprint density at radius 3 is 2.37 bits per heavy atom. The van der Waals surface area contributed by atoms with E-state index in [-0.39, 0.29) is 18.9 Å². The Morgan fingerprint density at radius 2 is 1.81 bits per heavy atom. The fourth-order valence-electron chi connectivity index (χ4n) is 2.35. The van der Waals surface area contributed by atoms with Gasteiger partial charge in [-0.1, -0.05) is 44.2 Å². The number of esters is 1. The lowest BCUT2D eigenvalue weighted by Gasteiger charge is -2.25. The van der Waals surface area contributed by atoms with Crippen molar-refractivity contribution in [3.05, 3.63) is 35.9 Å². The Balaban J connectivity index is 2.56. The molecule has 0 radical (unpaired) electrons. The predicted octanol–water partition coefficient (Wildman–Crippen LogP) is 0.998. The number of hydrogen-bond acceptors (Lipinski definition) is 6. The standard InChI is InChI=1S/C19H29N3O5/c1-13(2)10-16(19(25)22(3)26-4)21-18(24)15(20)11-17(23)27-12-14-8-6-5-7-9-14/h5-9,13,15-16H,10-12,20H2,1-4H3,(H,21,24)/t15-,16+/m1/s1. The first-order valence-electron chi connectivity index (χ1n) is 8.81. The van der Waals surface area contributed by atoms with Crippen LogP contribution < -0.4 is 11.1 Å². The summed E-state index contributed by atoms with van der Waals surface area (Å²) >= 11 is 0. The highest BCUT2D eigenvalue weighted by Crippen LogP contribution is 2.09. The molecule has 2 amide bonds. The van der Waals surface area contributed by atoms with Crippen LogP contribution in [0.3, 0.4) is 0 Å². The molecule has 8 heteroatoms. The van der Waals surface area contributed by atoms with E-state index in [2.05, 4.69) is 5.32 Å². The summed E-state index contributed by atoms with van der Waals surface area (Å²) in [6.07, 6.45) is 0.144. The number of nitrogens with zero attached hydrogens (tertiary/aromatic N) is 1. The number of likely N-dealkylation sites (N-methyl/N-ethyl adjacent to an activating group) is 1. The minimum atomic E-state index is -1.11. The summed E-state index contributed by atoms with van der Waals surface area (Å²) in [7, 11) is 2.82. The van der Waals surface area contributed by atoms with E-state index < -0.39 is 29.9 Å². The molecule has 0 aliphatic heterocycles. The summed E-state index contributed by atoms with van der Waals surface area (Å²) in [6, 6.07) is 7.30. The van der Waals surface area contributed by atoms with Crippen LogP contribution in [0.4, 0.5) is 0 Å². The van der Waals surface area contributed by atoms with Crippen molar-refractivity contribution in [3.8, 4) is 0 Å². The number of rotatable bonds is 10. The average molecular weight is 379 g/mol. The summed E-state index contributed by atoms with van der Waals surface area (Å²) in [5, 5.41) is 3.65. The molecule has 0 aliphatic carbocycles. The van der Waals surface area contributed by atoms with Gasteiger partial charge in [-0.15, -0.1) is 0 Å². The first-order chi connectivity index (χ1) is 12.7. The first-order valence-corrected chi connectivity index (χ1v) is 8.81. The van der Waals surface area contributed by atoms with Crippen LogP contribution in [0, 0.1) is 5.92 Å². The highest BCUT2D eigenvalue weighted by Gasteiger charge is 2.28. The molecule has 1 aromatic rings. The minimum absolute atomic E-state index is 0.112. The minimum Gasteiger partial charge on any atom is -0.461 e. The van der Waals surface area contributed by atoms with Gasteiger partial charge in [0.25, 0.3) is 5.91 Å². The van der Waals surface area contributed by atoms with Gasteiger partial charge >= 0.3 is 5.97 Å². The van der Waals surface area contributed by atoms with Crippen molar-refractivity contribution in [3.63, 3.8) is 0 Å². The van der Waals surface area contributed by atoms with Crippen molar-refractivity contribution in [2.75, 3.05) is 14.2 Å². The highest BCUT2D eigenvalue weighted by atomic mass is 16.7. The van der Waals surface area contributed by atoms with E-state index in [9.17, 15) is 14.4 Å². The Bertz CT molecular complexity index is 621. The van der Waals surface area contributed by atoms with E-state index in [4.69, 9.17) is 15.3 Å². The molecule has 2 atom stereocenters. The predicted molar refractivity (Wildman–Crippen MR) is 100.0 cm³/mol. The third-order valence-corrected chi connectivity index (χ3v) is 3.87. The molecule has 0 saturated heterocycles. The van der Waals surface area contributed by atoms with Crippen molar-refractivity contribution in [2.24, 2.45) is 11.7 Å². The number of carbonyl (C=O) groups excluding carboxylic acids is 3. The average Bonchev–Trinajstić information content (AvgIpc) is 2.64. The van der Waals surface area contributed by atoms with E-state index in [1.165, 1.54) is 14.2 Å². The molecule has 0 aliphatic rings.